The lowest BCUT2D eigenvalue weighted by Crippen LogP contribution is -2.13. The summed E-state index contributed by atoms with van der Waals surface area (Å²) in [6.45, 7) is 0. The normalized spacial score (nSPS) is 20.0. The van der Waals surface area contributed by atoms with Gasteiger partial charge in [-0.15, -0.1) is 10.2 Å². The van der Waals surface area contributed by atoms with Gasteiger partial charge in [0.05, 0.1) is 0 Å². The molecule has 144 valence electrons. The van der Waals surface area contributed by atoms with Gasteiger partial charge in [0, 0.05) is 28.8 Å². The second kappa shape index (κ2) is 10.00. The molecule has 1 heterocycles. The molecule has 27 heavy (non-hydrogen) atoms. The number of nitrogens with zero attached hydrogens (tertiary/aromatic N) is 3. The molecule has 1 aromatic heterocycles. The molecule has 0 radical (unpaired) electrons. The summed E-state index contributed by atoms with van der Waals surface area (Å²) >= 11 is 12.1. The number of tetrazole rings is 1. The number of carbonyl (C=O) groups excluding carboxylic acids is 1. The first-order valence-corrected chi connectivity index (χ1v) is 10.3. The van der Waals surface area contributed by atoms with Gasteiger partial charge >= 0.3 is 0 Å². The summed E-state index contributed by atoms with van der Waals surface area (Å²) in [5, 5.41) is 15.2. The van der Waals surface area contributed by atoms with Gasteiger partial charge in [0.15, 0.2) is 5.82 Å². The summed E-state index contributed by atoms with van der Waals surface area (Å²) in [6, 6.07) is 5.50. The van der Waals surface area contributed by atoms with E-state index in [2.05, 4.69) is 26.7 Å². The van der Waals surface area contributed by atoms with Crippen LogP contribution in [-0.4, -0.2) is 26.4 Å². The maximum atomic E-state index is 12.3. The Bertz CT molecular complexity index is 756. The minimum Gasteiger partial charge on any atom is -0.299 e. The van der Waals surface area contributed by atoms with E-state index in [1.54, 1.807) is 6.07 Å². The number of carbonyl (C=O) groups is 1. The predicted molar refractivity (Wildman–Crippen MR) is 108 cm³/mol. The van der Waals surface area contributed by atoms with Crippen molar-refractivity contribution in [1.82, 2.24) is 20.6 Å². The Kier molecular flexibility index (Phi) is 7.41. The molecule has 1 saturated carbocycles. The first kappa shape index (κ1) is 20.0. The number of hydrogen-bond donors (Lipinski definition) is 1. The van der Waals surface area contributed by atoms with Gasteiger partial charge in [-0.2, -0.15) is 5.21 Å². The summed E-state index contributed by atoms with van der Waals surface area (Å²) in [4.78, 5) is 12.3. The third-order valence-corrected chi connectivity index (χ3v) is 5.57. The highest BCUT2D eigenvalue weighted by atomic mass is 35.5. The number of benzene rings is 1. The molecule has 0 bridgehead atoms. The SMILES string of the molecule is O=C1CC[C@@H](C=Cc2cc(Cl)cc(Cl)c2)[C@@H]1CCCCCCc1nn[nH]n1. The minimum atomic E-state index is 0.146. The highest BCUT2D eigenvalue weighted by molar-refractivity contribution is 6.34. The number of ketones is 1. The molecule has 1 aliphatic carbocycles. The van der Waals surface area contributed by atoms with Crippen molar-refractivity contribution in [3.05, 3.63) is 45.7 Å². The molecule has 0 aliphatic heterocycles. The lowest BCUT2D eigenvalue weighted by atomic mass is 9.89. The Morgan fingerprint density at radius 2 is 1.89 bits per heavy atom. The van der Waals surface area contributed by atoms with Crippen molar-refractivity contribution < 1.29 is 4.79 Å². The molecule has 1 aromatic carbocycles. The number of rotatable bonds is 9. The number of unbranched alkanes of at least 4 members (excludes halogenated alkanes) is 3. The van der Waals surface area contributed by atoms with Crippen LogP contribution in [0.5, 0.6) is 0 Å². The topological polar surface area (TPSA) is 71.5 Å². The molecule has 2 atom stereocenters. The van der Waals surface area contributed by atoms with Crippen LogP contribution in [0.4, 0.5) is 0 Å². The fourth-order valence-corrected chi connectivity index (χ4v) is 4.28. The Morgan fingerprint density at radius 1 is 1.11 bits per heavy atom. The van der Waals surface area contributed by atoms with E-state index in [0.717, 1.165) is 56.3 Å². The third-order valence-electron chi connectivity index (χ3n) is 5.13. The largest absolute Gasteiger partial charge is 0.299 e. The van der Waals surface area contributed by atoms with E-state index in [1.165, 1.54) is 0 Å². The number of nitrogens with one attached hydrogen (secondary N) is 1. The van der Waals surface area contributed by atoms with Crippen molar-refractivity contribution in [2.45, 2.75) is 51.4 Å². The first-order chi connectivity index (χ1) is 13.1. The second-order valence-corrected chi connectivity index (χ2v) is 7.99. The highest BCUT2D eigenvalue weighted by Gasteiger charge is 2.32. The fourth-order valence-electron chi connectivity index (χ4n) is 3.74. The van der Waals surface area contributed by atoms with Gasteiger partial charge < -0.3 is 0 Å². The molecule has 2 aromatic rings. The zero-order valence-electron chi connectivity index (χ0n) is 15.2. The number of aryl methyl sites for hydroxylation is 1. The number of allylic oxidation sites excluding steroid dienone is 1. The smallest absolute Gasteiger partial charge is 0.174 e. The van der Waals surface area contributed by atoms with Crippen molar-refractivity contribution in [3.8, 4) is 0 Å². The summed E-state index contributed by atoms with van der Waals surface area (Å²) in [6.07, 6.45) is 12.0. The molecule has 3 rings (SSSR count). The number of hydrogen-bond acceptors (Lipinski definition) is 4. The van der Waals surface area contributed by atoms with Gasteiger partial charge in [-0.1, -0.05) is 59.8 Å². The van der Waals surface area contributed by atoms with Gasteiger partial charge in [-0.25, -0.2) is 0 Å². The molecule has 0 amide bonds. The second-order valence-electron chi connectivity index (χ2n) is 7.12. The molecule has 0 spiro atoms. The average Bonchev–Trinajstić information content (AvgIpc) is 3.26. The van der Waals surface area contributed by atoms with Crippen LogP contribution in [0.15, 0.2) is 24.3 Å². The van der Waals surface area contributed by atoms with Gasteiger partial charge in [0.1, 0.15) is 5.78 Å². The lowest BCUT2D eigenvalue weighted by molar-refractivity contribution is -0.121. The van der Waals surface area contributed by atoms with E-state index >= 15 is 0 Å². The molecule has 1 N–H and O–H groups in total. The minimum absolute atomic E-state index is 0.146. The van der Waals surface area contributed by atoms with Crippen molar-refractivity contribution in [2.24, 2.45) is 11.8 Å². The average molecular weight is 407 g/mol. The summed E-state index contributed by atoms with van der Waals surface area (Å²) in [7, 11) is 0. The number of Topliss-reactive ketones (excluding diaryl/α,β-unsaturated/α-hetero) is 1. The lowest BCUT2D eigenvalue weighted by Gasteiger charge is -2.15. The standard InChI is InChI=1S/C20H24Cl2N4O/c21-16-11-14(12-17(22)13-16)7-8-15-9-10-19(27)18(15)5-3-1-2-4-6-20-23-25-26-24-20/h7-8,11-13,15,18H,1-6,9-10H2,(H,23,24,25,26)/t15-,18+/m1/s1. The molecule has 7 heteroatoms. The van der Waals surface area contributed by atoms with Gasteiger partial charge in [0.2, 0.25) is 0 Å². The summed E-state index contributed by atoms with van der Waals surface area (Å²) in [5.41, 5.74) is 0.979. The maximum absolute atomic E-state index is 12.3. The molecule has 1 fully saturated rings. The summed E-state index contributed by atoms with van der Waals surface area (Å²) in [5.74, 6) is 1.63. The van der Waals surface area contributed by atoms with E-state index in [1.807, 2.05) is 18.2 Å². The van der Waals surface area contributed by atoms with E-state index in [4.69, 9.17) is 23.2 Å². The van der Waals surface area contributed by atoms with Crippen LogP contribution in [0.1, 0.15) is 56.3 Å². The van der Waals surface area contributed by atoms with Gasteiger partial charge in [0.25, 0.3) is 0 Å². The zero-order valence-corrected chi connectivity index (χ0v) is 16.7. The van der Waals surface area contributed by atoms with Crippen LogP contribution in [0.25, 0.3) is 6.08 Å². The Hall–Kier alpha value is -1.72. The molecule has 0 saturated heterocycles. The molecule has 1 aliphatic rings. The molecule has 0 unspecified atom stereocenters. The Morgan fingerprint density at radius 3 is 2.63 bits per heavy atom. The Labute approximate surface area is 169 Å². The van der Waals surface area contributed by atoms with E-state index in [9.17, 15) is 4.79 Å². The quantitative estimate of drug-likeness (QED) is 0.572. The third kappa shape index (κ3) is 6.15. The van der Waals surface area contributed by atoms with Crippen LogP contribution >= 0.6 is 23.2 Å². The molecule has 5 nitrogen and oxygen atoms in total. The highest BCUT2D eigenvalue weighted by Crippen LogP contribution is 2.34. The number of halogens is 2. The molecular formula is C20H24Cl2N4O. The van der Waals surface area contributed by atoms with E-state index in [0.29, 0.717) is 28.2 Å². The zero-order chi connectivity index (χ0) is 19.1. The fraction of sp³-hybridized carbons (Fsp3) is 0.500. The monoisotopic (exact) mass is 406 g/mol. The van der Waals surface area contributed by atoms with Crippen LogP contribution in [0.2, 0.25) is 10.0 Å². The van der Waals surface area contributed by atoms with Crippen molar-refractivity contribution in [1.29, 1.82) is 0 Å². The molecular weight excluding hydrogens is 383 g/mol. The van der Waals surface area contributed by atoms with Crippen LogP contribution in [0, 0.1) is 11.8 Å². The van der Waals surface area contributed by atoms with Crippen LogP contribution in [-0.2, 0) is 11.2 Å². The van der Waals surface area contributed by atoms with Crippen molar-refractivity contribution in [2.75, 3.05) is 0 Å². The van der Waals surface area contributed by atoms with E-state index in [-0.39, 0.29) is 5.92 Å². The van der Waals surface area contributed by atoms with Crippen LogP contribution in [0.3, 0.4) is 0 Å². The van der Waals surface area contributed by atoms with E-state index < -0.39 is 0 Å². The number of H-pyrrole nitrogens is 1. The van der Waals surface area contributed by atoms with Crippen molar-refractivity contribution in [3.63, 3.8) is 0 Å². The predicted octanol–water partition coefficient (Wildman–Crippen LogP) is 5.31. The van der Waals surface area contributed by atoms with Crippen LogP contribution < -0.4 is 0 Å². The Balaban J connectivity index is 1.44. The summed E-state index contributed by atoms with van der Waals surface area (Å²) < 4.78 is 0. The first-order valence-electron chi connectivity index (χ1n) is 9.51. The van der Waals surface area contributed by atoms with Gasteiger partial charge in [-0.3, -0.25) is 4.79 Å². The number of aromatic nitrogens is 4. The number of aromatic amines is 1. The van der Waals surface area contributed by atoms with Gasteiger partial charge in [-0.05, 0) is 48.9 Å². The maximum Gasteiger partial charge on any atom is 0.174 e. The van der Waals surface area contributed by atoms with Crippen molar-refractivity contribution >= 4 is 35.1 Å².